The van der Waals surface area contributed by atoms with Crippen molar-refractivity contribution in [3.8, 4) is 6.07 Å². The number of hydrogen-bond acceptors (Lipinski definition) is 8. The van der Waals surface area contributed by atoms with E-state index in [0.717, 1.165) is 0 Å². The molecule has 1 saturated carbocycles. The van der Waals surface area contributed by atoms with Gasteiger partial charge in [-0.05, 0) is 18.1 Å². The Balaban J connectivity index is 1.87. The maximum Gasteiger partial charge on any atom is 0.307 e. The molecule has 0 aromatic heterocycles. The summed E-state index contributed by atoms with van der Waals surface area (Å²) in [7, 11) is 0. The minimum absolute atomic E-state index is 0.170. The summed E-state index contributed by atoms with van der Waals surface area (Å²) in [6.07, 6.45) is -0.0718. The number of nitriles is 1. The largest absolute Gasteiger partial charge is 0.456 e. The van der Waals surface area contributed by atoms with E-state index in [9.17, 15) is 24.5 Å². The van der Waals surface area contributed by atoms with Gasteiger partial charge in [0, 0.05) is 28.1 Å². The third-order valence-corrected chi connectivity index (χ3v) is 5.69. The van der Waals surface area contributed by atoms with Gasteiger partial charge in [-0.1, -0.05) is 19.1 Å². The molecular weight excluding hydrogens is 398 g/mol. The van der Waals surface area contributed by atoms with Gasteiger partial charge >= 0.3 is 5.97 Å². The summed E-state index contributed by atoms with van der Waals surface area (Å²) in [4.78, 5) is 47.3. The van der Waals surface area contributed by atoms with Crippen molar-refractivity contribution >= 4 is 35.1 Å². The lowest BCUT2D eigenvalue weighted by Crippen LogP contribution is -2.28. The molecule has 1 amide bonds. The van der Waals surface area contributed by atoms with Crippen LogP contribution in [0.5, 0.6) is 0 Å². The molecule has 0 radical (unpaired) electrons. The lowest BCUT2D eigenvalue weighted by molar-refractivity contribution is -0.490. The second-order valence-electron chi connectivity index (χ2n) is 6.79. The highest BCUT2D eigenvalue weighted by Crippen LogP contribution is 2.36. The van der Waals surface area contributed by atoms with E-state index in [0.29, 0.717) is 10.6 Å². The van der Waals surface area contributed by atoms with Gasteiger partial charge in [-0.25, -0.2) is 0 Å². The molecule has 10 heteroatoms. The summed E-state index contributed by atoms with van der Waals surface area (Å²) in [5, 5.41) is 22.1. The number of carbonyl (C=O) groups excluding carboxylic acids is 3. The molecule has 1 aromatic carbocycles. The van der Waals surface area contributed by atoms with Gasteiger partial charge in [-0.2, -0.15) is 5.26 Å². The normalized spacial score (nSPS) is 20.7. The molecule has 1 fully saturated rings. The second kappa shape index (κ2) is 10.6. The maximum atomic E-state index is 12.1. The average molecular weight is 419 g/mol. The smallest absolute Gasteiger partial charge is 0.307 e. The second-order valence-corrected chi connectivity index (χ2v) is 7.81. The van der Waals surface area contributed by atoms with E-state index in [1.807, 2.05) is 6.07 Å². The number of hydrogen-bond donors (Lipinski definition) is 1. The molecule has 1 N–H and O–H groups in total. The summed E-state index contributed by atoms with van der Waals surface area (Å²) in [6.45, 7) is 0.849. The zero-order valence-corrected chi connectivity index (χ0v) is 16.6. The van der Waals surface area contributed by atoms with Crippen LogP contribution >= 0.6 is 11.8 Å². The number of esters is 1. The zero-order valence-electron chi connectivity index (χ0n) is 15.8. The SMILES string of the molecule is C[C@@H]1CC(=O)[C@@H](CC(=O)OCC(=O)Nc2ccccc2SCC#N)[C@@H]1C[N+](=O)[O-]. The Morgan fingerprint density at radius 3 is 2.83 bits per heavy atom. The van der Waals surface area contributed by atoms with Gasteiger partial charge in [0.1, 0.15) is 5.78 Å². The van der Waals surface area contributed by atoms with E-state index >= 15 is 0 Å². The molecular formula is C19H21N3O6S. The average Bonchev–Trinajstić information content (AvgIpc) is 2.92. The molecule has 0 aliphatic heterocycles. The molecule has 3 atom stereocenters. The standard InChI is InChI=1S/C19H21N3O6S/c1-12-8-16(23)13(14(12)10-22(26)27)9-19(25)28-11-18(24)21-15-4-2-3-5-17(15)29-7-6-20/h2-5,12-14H,7-11H2,1H3,(H,21,24)/t12-,13+,14-/m1/s1. The van der Waals surface area contributed by atoms with E-state index in [-0.39, 0.29) is 36.8 Å². The molecule has 9 nitrogen and oxygen atoms in total. The van der Waals surface area contributed by atoms with E-state index in [4.69, 9.17) is 10.00 Å². The Hall–Kier alpha value is -2.93. The number of ketones is 1. The summed E-state index contributed by atoms with van der Waals surface area (Å²) in [5.41, 5.74) is 0.500. The van der Waals surface area contributed by atoms with Crippen LogP contribution in [-0.4, -0.2) is 41.5 Å². The fourth-order valence-electron chi connectivity index (χ4n) is 3.38. The lowest BCUT2D eigenvalue weighted by atomic mass is 9.88. The summed E-state index contributed by atoms with van der Waals surface area (Å²) < 4.78 is 4.96. The molecule has 0 spiro atoms. The number of rotatable bonds is 9. The van der Waals surface area contributed by atoms with Crippen molar-refractivity contribution in [2.45, 2.75) is 24.7 Å². The first-order valence-electron chi connectivity index (χ1n) is 9.00. The summed E-state index contributed by atoms with van der Waals surface area (Å²) >= 11 is 1.26. The van der Waals surface area contributed by atoms with Crippen LogP contribution < -0.4 is 5.32 Å². The minimum atomic E-state index is -0.755. The van der Waals surface area contributed by atoms with Crippen LogP contribution in [0.15, 0.2) is 29.2 Å². The van der Waals surface area contributed by atoms with Crippen LogP contribution in [0, 0.1) is 39.2 Å². The van der Waals surface area contributed by atoms with E-state index in [2.05, 4.69) is 5.32 Å². The lowest BCUT2D eigenvalue weighted by Gasteiger charge is -2.17. The van der Waals surface area contributed by atoms with Crippen molar-refractivity contribution in [2.75, 3.05) is 24.2 Å². The Labute approximate surface area is 171 Å². The first kappa shape index (κ1) is 22.4. The first-order chi connectivity index (χ1) is 13.8. The highest BCUT2D eigenvalue weighted by molar-refractivity contribution is 7.99. The van der Waals surface area contributed by atoms with Crippen molar-refractivity contribution in [1.82, 2.24) is 0 Å². The number of ether oxygens (including phenoxy) is 1. The minimum Gasteiger partial charge on any atom is -0.456 e. The van der Waals surface area contributed by atoms with Crippen LogP contribution in [0.1, 0.15) is 19.8 Å². The van der Waals surface area contributed by atoms with E-state index < -0.39 is 35.2 Å². The molecule has 1 aliphatic carbocycles. The van der Waals surface area contributed by atoms with Gasteiger partial charge in [0.05, 0.1) is 23.9 Å². The van der Waals surface area contributed by atoms with Gasteiger partial charge in [0.15, 0.2) is 6.61 Å². The van der Waals surface area contributed by atoms with Crippen molar-refractivity contribution in [3.05, 3.63) is 34.4 Å². The number of carbonyl (C=O) groups is 3. The van der Waals surface area contributed by atoms with Crippen molar-refractivity contribution in [2.24, 2.45) is 17.8 Å². The van der Waals surface area contributed by atoms with Crippen LogP contribution in [0.3, 0.4) is 0 Å². The summed E-state index contributed by atoms with van der Waals surface area (Å²) in [6, 6.07) is 8.92. The molecule has 0 bridgehead atoms. The Morgan fingerprint density at radius 1 is 1.41 bits per heavy atom. The topological polar surface area (TPSA) is 139 Å². The van der Waals surface area contributed by atoms with Crippen molar-refractivity contribution in [1.29, 1.82) is 5.26 Å². The Morgan fingerprint density at radius 2 is 2.14 bits per heavy atom. The van der Waals surface area contributed by atoms with Gasteiger partial charge in [-0.3, -0.25) is 24.5 Å². The number of benzene rings is 1. The van der Waals surface area contributed by atoms with Gasteiger partial charge in [0.2, 0.25) is 6.54 Å². The fourth-order valence-corrected chi connectivity index (χ4v) is 4.05. The fraction of sp³-hybridized carbons (Fsp3) is 0.474. The van der Waals surface area contributed by atoms with Crippen LogP contribution in [0.2, 0.25) is 0 Å². The Kier molecular flexibility index (Phi) is 8.15. The zero-order chi connectivity index (χ0) is 21.4. The molecule has 0 saturated heterocycles. The molecule has 1 aromatic rings. The molecule has 2 rings (SSSR count). The molecule has 0 heterocycles. The number of para-hydroxylation sites is 1. The third kappa shape index (κ3) is 6.57. The first-order valence-corrected chi connectivity index (χ1v) is 9.99. The van der Waals surface area contributed by atoms with Crippen molar-refractivity contribution in [3.63, 3.8) is 0 Å². The number of nitrogens with one attached hydrogen (secondary N) is 1. The number of amides is 1. The van der Waals surface area contributed by atoms with Crippen LogP contribution in [-0.2, 0) is 19.1 Å². The van der Waals surface area contributed by atoms with Crippen molar-refractivity contribution < 1.29 is 24.0 Å². The maximum absolute atomic E-state index is 12.1. The molecule has 0 unspecified atom stereocenters. The van der Waals surface area contributed by atoms with Crippen LogP contribution in [0.25, 0.3) is 0 Å². The monoisotopic (exact) mass is 419 g/mol. The predicted molar refractivity (Wildman–Crippen MR) is 105 cm³/mol. The highest BCUT2D eigenvalue weighted by atomic mass is 32.2. The number of nitrogens with zero attached hydrogens (tertiary/aromatic N) is 2. The van der Waals surface area contributed by atoms with E-state index in [1.165, 1.54) is 11.8 Å². The number of thioether (sulfide) groups is 1. The number of nitro groups is 1. The predicted octanol–water partition coefficient (Wildman–Crippen LogP) is 2.29. The third-order valence-electron chi connectivity index (χ3n) is 4.75. The number of anilines is 1. The quantitative estimate of drug-likeness (QED) is 0.278. The van der Waals surface area contributed by atoms with Gasteiger partial charge in [-0.15, -0.1) is 11.8 Å². The van der Waals surface area contributed by atoms with Gasteiger partial charge < -0.3 is 10.1 Å². The molecule has 1 aliphatic rings. The van der Waals surface area contributed by atoms with Gasteiger partial charge in [0.25, 0.3) is 5.91 Å². The molecule has 29 heavy (non-hydrogen) atoms. The number of Topliss-reactive ketones (excluding diaryl/α,β-unsaturated/α-hetero) is 1. The summed E-state index contributed by atoms with van der Waals surface area (Å²) in [5.74, 6) is -2.70. The Bertz CT molecular complexity index is 837. The highest BCUT2D eigenvalue weighted by Gasteiger charge is 2.44. The molecule has 154 valence electrons. The van der Waals surface area contributed by atoms with E-state index in [1.54, 1.807) is 31.2 Å². The van der Waals surface area contributed by atoms with Crippen LogP contribution in [0.4, 0.5) is 5.69 Å².